The summed E-state index contributed by atoms with van der Waals surface area (Å²) in [6, 6.07) is 16.5. The molecule has 3 aromatic rings. The van der Waals surface area contributed by atoms with E-state index in [1.165, 1.54) is 4.90 Å². The Balaban J connectivity index is 1.45. The quantitative estimate of drug-likeness (QED) is 0.255. The fourth-order valence-corrected chi connectivity index (χ4v) is 5.57. The third kappa shape index (κ3) is 4.90. The first-order valence-corrected chi connectivity index (χ1v) is 12.7. The van der Waals surface area contributed by atoms with Crippen LogP contribution in [0, 0.1) is 24.0 Å². The first-order valence-electron chi connectivity index (χ1n) is 11.9. The number of nitro groups is 1. The fourth-order valence-electron chi connectivity index (χ4n) is 4.74. The number of nitro benzene ring substituents is 1. The Morgan fingerprint density at radius 1 is 1.05 bits per heavy atom. The van der Waals surface area contributed by atoms with Crippen LogP contribution in [0.5, 0.6) is 0 Å². The van der Waals surface area contributed by atoms with E-state index in [4.69, 9.17) is 4.74 Å². The van der Waals surface area contributed by atoms with Gasteiger partial charge in [-0.3, -0.25) is 24.6 Å². The lowest BCUT2D eigenvalue weighted by Crippen LogP contribution is -2.36. The van der Waals surface area contributed by atoms with E-state index in [0.717, 1.165) is 34.3 Å². The minimum absolute atomic E-state index is 0.0375. The van der Waals surface area contributed by atoms with Gasteiger partial charge in [0.2, 0.25) is 0 Å². The summed E-state index contributed by atoms with van der Waals surface area (Å²) >= 11 is 0.924. The van der Waals surface area contributed by atoms with Crippen molar-refractivity contribution in [2.75, 3.05) is 31.2 Å². The average Bonchev–Trinajstić information content (AvgIpc) is 3.33. The number of carbonyl (C=O) groups is 2. The van der Waals surface area contributed by atoms with Crippen LogP contribution in [0.3, 0.4) is 0 Å². The monoisotopic (exact) mass is 518 g/mol. The van der Waals surface area contributed by atoms with E-state index in [1.54, 1.807) is 18.2 Å². The van der Waals surface area contributed by atoms with Crippen molar-refractivity contribution in [3.63, 3.8) is 0 Å². The van der Waals surface area contributed by atoms with Gasteiger partial charge in [-0.1, -0.05) is 30.3 Å². The normalized spacial score (nSPS) is 17.2. The molecule has 9 nitrogen and oxygen atoms in total. The van der Waals surface area contributed by atoms with Gasteiger partial charge in [-0.2, -0.15) is 0 Å². The van der Waals surface area contributed by atoms with Gasteiger partial charge in [-0.25, -0.2) is 0 Å². The van der Waals surface area contributed by atoms with Crippen molar-refractivity contribution in [3.05, 3.63) is 92.1 Å². The molecule has 2 amide bonds. The number of imide groups is 1. The Bertz CT molecular complexity index is 1410. The molecule has 0 saturated carbocycles. The molecule has 1 aromatic heterocycles. The zero-order chi connectivity index (χ0) is 26.1. The molecule has 0 radical (unpaired) electrons. The second-order valence-electron chi connectivity index (χ2n) is 8.94. The molecular weight excluding hydrogens is 492 g/mol. The van der Waals surface area contributed by atoms with Crippen molar-refractivity contribution in [1.29, 1.82) is 0 Å². The summed E-state index contributed by atoms with van der Waals surface area (Å²) in [6.45, 7) is 6.31. The summed E-state index contributed by atoms with van der Waals surface area (Å²) < 4.78 is 7.31. The lowest BCUT2D eigenvalue weighted by Gasteiger charge is -2.28. The highest BCUT2D eigenvalue weighted by molar-refractivity contribution is 8.18. The largest absolute Gasteiger partial charge is 0.378 e. The van der Waals surface area contributed by atoms with Gasteiger partial charge in [-0.05, 0) is 61.0 Å². The van der Waals surface area contributed by atoms with Crippen LogP contribution in [0.1, 0.15) is 22.5 Å². The Labute approximate surface area is 218 Å². The third-order valence-corrected chi connectivity index (χ3v) is 7.49. The number of ether oxygens (including phenoxy) is 1. The standard InChI is InChI=1S/C27H26N4O5S/c1-18-14-21(15-25-26(32)29(27(33)37-25)17-20-6-4-3-5-7-20)19(2)30(18)22-8-9-23(24(16-22)31(34)35)28-10-12-36-13-11-28/h3-9,14-16H,10-13,17H2,1-2H3/b25-15-. The molecule has 0 bridgehead atoms. The minimum Gasteiger partial charge on any atom is -0.378 e. The average molecular weight is 519 g/mol. The maximum absolute atomic E-state index is 13.0. The molecule has 2 aliphatic rings. The molecule has 0 unspecified atom stereocenters. The molecule has 0 atom stereocenters. The van der Waals surface area contributed by atoms with Crippen molar-refractivity contribution in [1.82, 2.24) is 9.47 Å². The second-order valence-corrected chi connectivity index (χ2v) is 9.94. The summed E-state index contributed by atoms with van der Waals surface area (Å²) in [5.74, 6) is -0.325. The second kappa shape index (κ2) is 10.2. The van der Waals surface area contributed by atoms with Crippen LogP contribution < -0.4 is 4.90 Å². The maximum Gasteiger partial charge on any atom is 0.294 e. The number of anilines is 1. The SMILES string of the molecule is Cc1cc(/C=C2\SC(=O)N(Cc3ccccc3)C2=O)c(C)n1-c1ccc(N2CCOCC2)c([N+](=O)[O-])c1. The first-order chi connectivity index (χ1) is 17.8. The highest BCUT2D eigenvalue weighted by atomic mass is 32.2. The number of hydrogen-bond donors (Lipinski definition) is 0. The van der Waals surface area contributed by atoms with Crippen LogP contribution in [-0.4, -0.2) is 51.8 Å². The fraction of sp³-hybridized carbons (Fsp3) is 0.259. The van der Waals surface area contributed by atoms with Crippen molar-refractivity contribution in [3.8, 4) is 5.69 Å². The molecule has 190 valence electrons. The number of morpholine rings is 1. The molecule has 5 rings (SSSR count). The molecule has 0 aliphatic carbocycles. The molecule has 2 aliphatic heterocycles. The maximum atomic E-state index is 13.0. The summed E-state index contributed by atoms with van der Waals surface area (Å²) in [7, 11) is 0. The Morgan fingerprint density at radius 3 is 2.49 bits per heavy atom. The molecule has 2 aromatic carbocycles. The molecule has 10 heteroatoms. The van der Waals surface area contributed by atoms with E-state index in [1.807, 2.05) is 65.8 Å². The molecule has 2 saturated heterocycles. The van der Waals surface area contributed by atoms with E-state index in [2.05, 4.69) is 0 Å². The number of hydrogen-bond acceptors (Lipinski definition) is 7. The van der Waals surface area contributed by atoms with Crippen LogP contribution in [0.15, 0.2) is 59.5 Å². The lowest BCUT2D eigenvalue weighted by molar-refractivity contribution is -0.384. The highest BCUT2D eigenvalue weighted by Crippen LogP contribution is 2.36. The molecular formula is C27H26N4O5S. The third-order valence-electron chi connectivity index (χ3n) is 6.58. The summed E-state index contributed by atoms with van der Waals surface area (Å²) in [5, 5.41) is 11.6. The number of nitrogens with zero attached hydrogens (tertiary/aromatic N) is 4. The van der Waals surface area contributed by atoms with E-state index in [-0.39, 0.29) is 28.3 Å². The summed E-state index contributed by atoms with van der Waals surface area (Å²) in [4.78, 5) is 40.8. The molecule has 3 heterocycles. The van der Waals surface area contributed by atoms with Crippen LogP contribution in [0.25, 0.3) is 11.8 Å². The predicted molar refractivity (Wildman–Crippen MR) is 143 cm³/mol. The van der Waals surface area contributed by atoms with Crippen LogP contribution >= 0.6 is 11.8 Å². The van der Waals surface area contributed by atoms with Gasteiger partial charge in [0.15, 0.2) is 0 Å². The molecule has 2 fully saturated rings. The molecule has 37 heavy (non-hydrogen) atoms. The topological polar surface area (TPSA) is 97.9 Å². The molecule has 0 N–H and O–H groups in total. The van der Waals surface area contributed by atoms with Gasteiger partial charge in [0.05, 0.1) is 35.3 Å². The number of rotatable bonds is 6. The van der Waals surface area contributed by atoms with Crippen LogP contribution in [0.4, 0.5) is 16.2 Å². The Morgan fingerprint density at radius 2 is 1.78 bits per heavy atom. The van der Waals surface area contributed by atoms with Crippen LogP contribution in [-0.2, 0) is 16.1 Å². The zero-order valence-electron chi connectivity index (χ0n) is 20.5. The van der Waals surface area contributed by atoms with Crippen LogP contribution in [0.2, 0.25) is 0 Å². The minimum atomic E-state index is -0.355. The number of amides is 2. The van der Waals surface area contributed by atoms with Crippen molar-refractivity contribution < 1.29 is 19.2 Å². The van der Waals surface area contributed by atoms with Crippen molar-refractivity contribution in [2.45, 2.75) is 20.4 Å². The Hall–Kier alpha value is -3.89. The lowest BCUT2D eigenvalue weighted by atomic mass is 10.2. The highest BCUT2D eigenvalue weighted by Gasteiger charge is 2.35. The van der Waals surface area contributed by atoms with Gasteiger partial charge in [0.25, 0.3) is 16.8 Å². The first kappa shape index (κ1) is 24.8. The number of carbonyl (C=O) groups excluding carboxylic acids is 2. The molecule has 0 spiro atoms. The van der Waals surface area contributed by atoms with E-state index >= 15 is 0 Å². The van der Waals surface area contributed by atoms with E-state index in [0.29, 0.717) is 42.6 Å². The smallest absolute Gasteiger partial charge is 0.294 e. The number of aromatic nitrogens is 1. The van der Waals surface area contributed by atoms with Crippen molar-refractivity contribution >= 4 is 40.4 Å². The van der Waals surface area contributed by atoms with E-state index in [9.17, 15) is 19.7 Å². The van der Waals surface area contributed by atoms with Gasteiger partial charge >= 0.3 is 0 Å². The van der Waals surface area contributed by atoms with Gasteiger partial charge in [0, 0.05) is 30.5 Å². The predicted octanol–water partition coefficient (Wildman–Crippen LogP) is 5.08. The Kier molecular flexibility index (Phi) is 6.86. The van der Waals surface area contributed by atoms with Gasteiger partial charge in [-0.15, -0.1) is 0 Å². The zero-order valence-corrected chi connectivity index (χ0v) is 21.4. The number of benzene rings is 2. The summed E-state index contributed by atoms with van der Waals surface area (Å²) in [5.41, 5.74) is 4.62. The van der Waals surface area contributed by atoms with Gasteiger partial charge < -0.3 is 14.2 Å². The number of aryl methyl sites for hydroxylation is 1. The van der Waals surface area contributed by atoms with Crippen molar-refractivity contribution in [2.24, 2.45) is 0 Å². The van der Waals surface area contributed by atoms with Gasteiger partial charge in [0.1, 0.15) is 5.69 Å². The summed E-state index contributed by atoms with van der Waals surface area (Å²) in [6.07, 6.45) is 1.73. The van der Waals surface area contributed by atoms with E-state index < -0.39 is 0 Å². The number of thioether (sulfide) groups is 1.